The van der Waals surface area contributed by atoms with E-state index >= 15 is 0 Å². The lowest BCUT2D eigenvalue weighted by Crippen LogP contribution is -2.51. The average molecular weight is 301 g/mol. The summed E-state index contributed by atoms with van der Waals surface area (Å²) >= 11 is 0. The molecule has 1 aromatic rings. The SMILES string of the molecule is CN=C(NC#N)NC1C[C@H]2CC[C@@H](C1)N2Cc1nc[nH]c1C. The Morgan fingerprint density at radius 1 is 1.50 bits per heavy atom. The van der Waals surface area contributed by atoms with Gasteiger partial charge in [-0.2, -0.15) is 5.26 Å². The molecular formula is C15H23N7. The van der Waals surface area contributed by atoms with E-state index in [1.54, 1.807) is 13.4 Å². The molecule has 2 fully saturated rings. The zero-order chi connectivity index (χ0) is 15.5. The van der Waals surface area contributed by atoms with Crippen LogP contribution in [0.4, 0.5) is 0 Å². The second-order valence-corrected chi connectivity index (χ2v) is 6.15. The van der Waals surface area contributed by atoms with Crippen LogP contribution in [0, 0.1) is 18.4 Å². The molecule has 0 amide bonds. The first kappa shape index (κ1) is 14.9. The number of fused-ring (bicyclic) bond motifs is 2. The van der Waals surface area contributed by atoms with Crippen molar-refractivity contribution >= 4 is 5.96 Å². The number of aliphatic imine (C=N–C) groups is 1. The van der Waals surface area contributed by atoms with Gasteiger partial charge in [-0.15, -0.1) is 0 Å². The van der Waals surface area contributed by atoms with E-state index in [-0.39, 0.29) is 0 Å². The van der Waals surface area contributed by atoms with Crippen LogP contribution in [0.3, 0.4) is 0 Å². The van der Waals surface area contributed by atoms with Crippen molar-refractivity contribution in [3.8, 4) is 6.19 Å². The van der Waals surface area contributed by atoms with Crippen LogP contribution in [0.15, 0.2) is 11.3 Å². The third-order valence-electron chi connectivity index (χ3n) is 4.89. The lowest BCUT2D eigenvalue weighted by molar-refractivity contribution is 0.113. The molecule has 2 aliphatic rings. The highest BCUT2D eigenvalue weighted by atomic mass is 15.3. The third-order valence-corrected chi connectivity index (χ3v) is 4.89. The van der Waals surface area contributed by atoms with Crippen LogP contribution in [0.2, 0.25) is 0 Å². The van der Waals surface area contributed by atoms with Crippen LogP contribution >= 0.6 is 0 Å². The summed E-state index contributed by atoms with van der Waals surface area (Å²) < 4.78 is 0. The van der Waals surface area contributed by atoms with Gasteiger partial charge in [-0.25, -0.2) is 4.98 Å². The summed E-state index contributed by atoms with van der Waals surface area (Å²) in [5, 5.41) is 14.7. The number of aryl methyl sites for hydroxylation is 1. The average Bonchev–Trinajstić information content (AvgIpc) is 3.00. The van der Waals surface area contributed by atoms with Crippen LogP contribution < -0.4 is 10.6 Å². The standard InChI is InChI=1S/C15H23N7/c1-10-14(20-9-19-10)7-22-12-3-4-13(22)6-11(5-12)21-15(17-2)18-8-16/h9,11-13H,3-7H2,1-2H3,(H,19,20)(H2,17,18,21)/t11?,12-,13+. The number of guanidine groups is 1. The fourth-order valence-corrected chi connectivity index (χ4v) is 3.77. The van der Waals surface area contributed by atoms with E-state index in [9.17, 15) is 0 Å². The van der Waals surface area contributed by atoms with Crippen LogP contribution in [0.5, 0.6) is 0 Å². The van der Waals surface area contributed by atoms with Gasteiger partial charge < -0.3 is 10.3 Å². The predicted octanol–water partition coefficient (Wildman–Crippen LogP) is 0.860. The van der Waals surface area contributed by atoms with Crippen molar-refractivity contribution in [1.82, 2.24) is 25.5 Å². The number of hydrogen-bond acceptors (Lipinski definition) is 4. The molecule has 0 spiro atoms. The molecule has 3 N–H and O–H groups in total. The Bertz CT molecular complexity index is 571. The molecule has 1 aromatic heterocycles. The van der Waals surface area contributed by atoms with Gasteiger partial charge in [0.25, 0.3) is 0 Å². The minimum atomic E-state index is 0.383. The molecule has 3 rings (SSSR count). The van der Waals surface area contributed by atoms with Crippen molar-refractivity contribution in [2.75, 3.05) is 7.05 Å². The molecule has 2 bridgehead atoms. The number of nitrogens with one attached hydrogen (secondary N) is 3. The van der Waals surface area contributed by atoms with Crippen molar-refractivity contribution in [1.29, 1.82) is 5.26 Å². The maximum atomic E-state index is 8.73. The Morgan fingerprint density at radius 3 is 2.77 bits per heavy atom. The van der Waals surface area contributed by atoms with Gasteiger partial charge >= 0.3 is 0 Å². The lowest BCUT2D eigenvalue weighted by Gasteiger charge is -2.39. The number of piperidine rings is 1. The lowest BCUT2D eigenvalue weighted by atomic mass is 9.97. The van der Waals surface area contributed by atoms with Gasteiger partial charge in [-0.3, -0.25) is 15.2 Å². The highest BCUT2D eigenvalue weighted by Crippen LogP contribution is 2.36. The van der Waals surface area contributed by atoms with Crippen molar-refractivity contribution in [3.05, 3.63) is 17.7 Å². The number of imidazole rings is 1. The highest BCUT2D eigenvalue weighted by Gasteiger charge is 2.41. The molecule has 0 radical (unpaired) electrons. The normalized spacial score (nSPS) is 28.4. The zero-order valence-corrected chi connectivity index (χ0v) is 13.1. The van der Waals surface area contributed by atoms with Gasteiger partial charge in [0.05, 0.1) is 12.0 Å². The van der Waals surface area contributed by atoms with E-state index in [1.165, 1.54) is 18.5 Å². The Kier molecular flexibility index (Phi) is 4.29. The largest absolute Gasteiger partial charge is 0.353 e. The Hall–Kier alpha value is -2.07. The first-order valence-corrected chi connectivity index (χ1v) is 7.84. The number of nitriles is 1. The van der Waals surface area contributed by atoms with Crippen molar-refractivity contribution in [2.24, 2.45) is 4.99 Å². The number of aromatic amines is 1. The molecular weight excluding hydrogens is 278 g/mol. The second kappa shape index (κ2) is 6.36. The maximum absolute atomic E-state index is 8.73. The minimum absolute atomic E-state index is 0.383. The predicted molar refractivity (Wildman–Crippen MR) is 83.9 cm³/mol. The van der Waals surface area contributed by atoms with Crippen LogP contribution in [-0.4, -0.2) is 46.0 Å². The molecule has 2 saturated heterocycles. The molecule has 7 nitrogen and oxygen atoms in total. The molecule has 1 unspecified atom stereocenters. The maximum Gasteiger partial charge on any atom is 0.204 e. The fraction of sp³-hybridized carbons (Fsp3) is 0.667. The molecule has 0 saturated carbocycles. The van der Waals surface area contributed by atoms with Crippen molar-refractivity contribution in [2.45, 2.75) is 57.3 Å². The summed E-state index contributed by atoms with van der Waals surface area (Å²) in [6.45, 7) is 3.01. The second-order valence-electron chi connectivity index (χ2n) is 6.15. The Balaban J connectivity index is 1.62. The number of rotatable bonds is 3. The van der Waals surface area contributed by atoms with Crippen LogP contribution in [0.25, 0.3) is 0 Å². The summed E-state index contributed by atoms with van der Waals surface area (Å²) in [6, 6.07) is 1.56. The monoisotopic (exact) mass is 301 g/mol. The Labute approximate surface area is 130 Å². The number of hydrogen-bond donors (Lipinski definition) is 3. The summed E-state index contributed by atoms with van der Waals surface area (Å²) in [5.74, 6) is 0.573. The summed E-state index contributed by atoms with van der Waals surface area (Å²) in [4.78, 5) is 14.3. The first-order chi connectivity index (χ1) is 10.7. The molecule has 0 aromatic carbocycles. The van der Waals surface area contributed by atoms with Crippen molar-refractivity contribution in [3.63, 3.8) is 0 Å². The van der Waals surface area contributed by atoms with Gasteiger partial charge in [0.2, 0.25) is 5.96 Å². The molecule has 7 heteroatoms. The van der Waals surface area contributed by atoms with Gasteiger partial charge in [-0.05, 0) is 32.6 Å². The van der Waals surface area contributed by atoms with Crippen molar-refractivity contribution < 1.29 is 0 Å². The minimum Gasteiger partial charge on any atom is -0.353 e. The summed E-state index contributed by atoms with van der Waals surface area (Å²) in [5.41, 5.74) is 2.32. The van der Waals surface area contributed by atoms with Crippen LogP contribution in [-0.2, 0) is 6.54 Å². The Morgan fingerprint density at radius 2 is 2.23 bits per heavy atom. The van der Waals surface area contributed by atoms with E-state index in [0.29, 0.717) is 24.1 Å². The van der Waals surface area contributed by atoms with E-state index in [0.717, 1.165) is 25.1 Å². The molecule has 2 aliphatic heterocycles. The van der Waals surface area contributed by atoms with Crippen LogP contribution in [0.1, 0.15) is 37.1 Å². The molecule has 3 heterocycles. The summed E-state index contributed by atoms with van der Waals surface area (Å²) in [7, 11) is 1.69. The quantitative estimate of drug-likeness (QED) is 0.333. The molecule has 0 aliphatic carbocycles. The molecule has 118 valence electrons. The highest BCUT2D eigenvalue weighted by molar-refractivity contribution is 5.81. The topological polar surface area (TPSA) is 92.1 Å². The summed E-state index contributed by atoms with van der Waals surface area (Å²) in [6.07, 6.45) is 8.37. The number of H-pyrrole nitrogens is 1. The molecule has 3 atom stereocenters. The van der Waals surface area contributed by atoms with Gasteiger partial charge in [0.15, 0.2) is 6.19 Å². The number of aromatic nitrogens is 2. The molecule has 22 heavy (non-hydrogen) atoms. The van der Waals surface area contributed by atoms with E-state index in [4.69, 9.17) is 5.26 Å². The van der Waals surface area contributed by atoms with Gasteiger partial charge in [0.1, 0.15) is 0 Å². The third kappa shape index (κ3) is 2.92. The number of nitrogens with zero attached hydrogens (tertiary/aromatic N) is 4. The smallest absolute Gasteiger partial charge is 0.204 e. The van der Waals surface area contributed by atoms with Gasteiger partial charge in [0, 0.05) is 37.4 Å². The first-order valence-electron chi connectivity index (χ1n) is 7.84. The zero-order valence-electron chi connectivity index (χ0n) is 13.1. The van der Waals surface area contributed by atoms with E-state index in [2.05, 4.69) is 37.4 Å². The van der Waals surface area contributed by atoms with E-state index < -0.39 is 0 Å². The van der Waals surface area contributed by atoms with E-state index in [1.807, 2.05) is 6.19 Å². The fourth-order valence-electron chi connectivity index (χ4n) is 3.77. The van der Waals surface area contributed by atoms with Gasteiger partial charge in [-0.1, -0.05) is 0 Å².